The van der Waals surface area contributed by atoms with E-state index in [-0.39, 0.29) is 0 Å². The van der Waals surface area contributed by atoms with Gasteiger partial charge in [0, 0.05) is 0 Å². The maximum atomic E-state index is 2.50. The van der Waals surface area contributed by atoms with Crippen molar-refractivity contribution >= 4 is 0 Å². The summed E-state index contributed by atoms with van der Waals surface area (Å²) in [5, 5.41) is 0. The van der Waals surface area contributed by atoms with E-state index >= 15 is 0 Å². The van der Waals surface area contributed by atoms with Crippen LogP contribution in [0, 0.1) is 0 Å². The van der Waals surface area contributed by atoms with Crippen molar-refractivity contribution in [3.05, 3.63) is 45.6 Å². The molecule has 0 spiro atoms. The zero-order chi connectivity index (χ0) is 11.8. The average Bonchev–Trinajstić information content (AvgIpc) is 2.88. The Hall–Kier alpha value is -1.04. The predicted molar refractivity (Wildman–Crippen MR) is 73.9 cm³/mol. The molecule has 0 amide bonds. The third-order valence-corrected chi connectivity index (χ3v) is 4.64. The zero-order valence-electron chi connectivity index (χ0n) is 11.1. The Kier molecular flexibility index (Phi) is 2.82. The van der Waals surface area contributed by atoms with Crippen LogP contribution in [0.15, 0.2) is 45.6 Å². The molecule has 3 aliphatic rings. The lowest BCUT2D eigenvalue weighted by molar-refractivity contribution is 0.675. The Balaban J connectivity index is 1.81. The van der Waals surface area contributed by atoms with Crippen molar-refractivity contribution in [3.8, 4) is 0 Å². The van der Waals surface area contributed by atoms with Gasteiger partial charge in [0.15, 0.2) is 0 Å². The summed E-state index contributed by atoms with van der Waals surface area (Å²) in [6.07, 6.45) is 14.0. The lowest BCUT2D eigenvalue weighted by Gasteiger charge is -2.18. The van der Waals surface area contributed by atoms with Crippen LogP contribution in [0.2, 0.25) is 0 Å². The maximum Gasteiger partial charge on any atom is -0.00240 e. The molecular weight excluding hydrogens is 204 g/mol. The molecule has 0 saturated heterocycles. The molecule has 0 aliphatic heterocycles. The fourth-order valence-electron chi connectivity index (χ4n) is 3.50. The van der Waals surface area contributed by atoms with Crippen LogP contribution >= 0.6 is 0 Å². The van der Waals surface area contributed by atoms with Gasteiger partial charge in [-0.2, -0.15) is 0 Å². The molecule has 0 bridgehead atoms. The summed E-state index contributed by atoms with van der Waals surface area (Å²) in [6.45, 7) is 4.57. The molecule has 0 aromatic rings. The van der Waals surface area contributed by atoms with Crippen LogP contribution in [0.1, 0.15) is 58.8 Å². The molecule has 0 aromatic carbocycles. The van der Waals surface area contributed by atoms with E-state index in [1.165, 1.54) is 50.5 Å². The van der Waals surface area contributed by atoms with Crippen LogP contribution in [0.3, 0.4) is 0 Å². The first-order chi connectivity index (χ1) is 8.25. The highest BCUT2D eigenvalue weighted by Gasteiger charge is 2.22. The summed E-state index contributed by atoms with van der Waals surface area (Å²) in [6, 6.07) is 0. The minimum atomic E-state index is 1.18. The van der Waals surface area contributed by atoms with Crippen LogP contribution in [-0.4, -0.2) is 0 Å². The maximum absolute atomic E-state index is 2.50. The molecule has 0 atom stereocenters. The molecule has 0 unspecified atom stereocenters. The van der Waals surface area contributed by atoms with E-state index in [1.54, 1.807) is 27.9 Å². The first-order valence-electron chi connectivity index (χ1n) is 7.02. The average molecular weight is 226 g/mol. The largest absolute Gasteiger partial charge is 0.0772 e. The molecule has 0 nitrogen and oxygen atoms in total. The molecule has 17 heavy (non-hydrogen) atoms. The summed E-state index contributed by atoms with van der Waals surface area (Å²) in [5.41, 5.74) is 9.88. The van der Waals surface area contributed by atoms with Crippen LogP contribution < -0.4 is 0 Å². The molecule has 90 valence electrons. The van der Waals surface area contributed by atoms with Crippen molar-refractivity contribution in [1.82, 2.24) is 0 Å². The van der Waals surface area contributed by atoms with Crippen LogP contribution in [-0.2, 0) is 0 Å². The normalized spacial score (nSPS) is 24.1. The highest BCUT2D eigenvalue weighted by molar-refractivity contribution is 5.50. The molecule has 3 aliphatic carbocycles. The van der Waals surface area contributed by atoms with Gasteiger partial charge in [0.05, 0.1) is 0 Å². The van der Waals surface area contributed by atoms with Crippen molar-refractivity contribution in [2.75, 3.05) is 0 Å². The summed E-state index contributed by atoms with van der Waals surface area (Å²) >= 11 is 0. The topological polar surface area (TPSA) is 0 Å². The fraction of sp³-hybridized carbons (Fsp3) is 0.529. The lowest BCUT2D eigenvalue weighted by atomic mass is 9.88. The Labute approximate surface area is 105 Å². The van der Waals surface area contributed by atoms with Gasteiger partial charge in [-0.25, -0.2) is 0 Å². The summed E-state index contributed by atoms with van der Waals surface area (Å²) in [7, 11) is 0. The van der Waals surface area contributed by atoms with E-state index in [4.69, 9.17) is 0 Å². The molecule has 0 aromatic heterocycles. The highest BCUT2D eigenvalue weighted by Crippen LogP contribution is 2.41. The molecule has 0 N–H and O–H groups in total. The van der Waals surface area contributed by atoms with Gasteiger partial charge < -0.3 is 0 Å². The van der Waals surface area contributed by atoms with Gasteiger partial charge in [0.25, 0.3) is 0 Å². The second-order valence-corrected chi connectivity index (χ2v) is 5.75. The van der Waals surface area contributed by atoms with Gasteiger partial charge in [-0.1, -0.05) is 28.9 Å². The summed E-state index contributed by atoms with van der Waals surface area (Å²) in [4.78, 5) is 0. The molecule has 0 fully saturated rings. The van der Waals surface area contributed by atoms with E-state index in [0.717, 1.165) is 0 Å². The Morgan fingerprint density at radius 3 is 2.59 bits per heavy atom. The van der Waals surface area contributed by atoms with Gasteiger partial charge in [-0.3, -0.25) is 0 Å². The third-order valence-electron chi connectivity index (χ3n) is 4.64. The molecule has 0 heterocycles. The SMILES string of the molecule is CC1=CCC(C)=C1CC1=CCC2=C1CCCC2. The van der Waals surface area contributed by atoms with Gasteiger partial charge in [-0.15, -0.1) is 0 Å². The smallest absolute Gasteiger partial charge is 0.00240 e. The fourth-order valence-corrected chi connectivity index (χ4v) is 3.50. The second-order valence-electron chi connectivity index (χ2n) is 5.75. The number of hydrogen-bond donors (Lipinski definition) is 0. The van der Waals surface area contributed by atoms with Crippen molar-refractivity contribution in [2.45, 2.75) is 58.8 Å². The monoisotopic (exact) mass is 226 g/mol. The predicted octanol–water partition coefficient (Wildman–Crippen LogP) is 5.24. The molecule has 3 rings (SSSR count). The molecule has 0 radical (unpaired) electrons. The quantitative estimate of drug-likeness (QED) is 0.603. The Morgan fingerprint density at radius 1 is 1.00 bits per heavy atom. The zero-order valence-corrected chi connectivity index (χ0v) is 11.1. The Morgan fingerprint density at radius 2 is 1.82 bits per heavy atom. The number of allylic oxidation sites excluding steroid dienone is 8. The summed E-state index contributed by atoms with van der Waals surface area (Å²) < 4.78 is 0. The van der Waals surface area contributed by atoms with Crippen molar-refractivity contribution < 1.29 is 0 Å². The van der Waals surface area contributed by atoms with Gasteiger partial charge in [0.1, 0.15) is 0 Å². The van der Waals surface area contributed by atoms with Crippen LogP contribution in [0.4, 0.5) is 0 Å². The molecular formula is C17H22. The van der Waals surface area contributed by atoms with Crippen LogP contribution in [0.25, 0.3) is 0 Å². The van der Waals surface area contributed by atoms with Crippen molar-refractivity contribution in [2.24, 2.45) is 0 Å². The minimum absolute atomic E-state index is 1.18. The minimum Gasteiger partial charge on any atom is -0.0772 e. The number of hydrogen-bond acceptors (Lipinski definition) is 0. The second kappa shape index (κ2) is 4.33. The lowest BCUT2D eigenvalue weighted by Crippen LogP contribution is -1.99. The van der Waals surface area contributed by atoms with Gasteiger partial charge in [-0.05, 0) is 75.5 Å². The van der Waals surface area contributed by atoms with Crippen LogP contribution in [0.5, 0.6) is 0 Å². The third kappa shape index (κ3) is 1.94. The number of rotatable bonds is 2. The molecule has 0 saturated carbocycles. The van der Waals surface area contributed by atoms with Crippen molar-refractivity contribution in [1.29, 1.82) is 0 Å². The van der Waals surface area contributed by atoms with E-state index in [0.29, 0.717) is 0 Å². The first-order valence-corrected chi connectivity index (χ1v) is 7.02. The first kappa shape index (κ1) is 11.1. The van der Waals surface area contributed by atoms with Gasteiger partial charge >= 0.3 is 0 Å². The van der Waals surface area contributed by atoms with E-state index in [2.05, 4.69) is 26.0 Å². The standard InChI is InChI=1S/C17H22/c1-12-7-8-13(2)17(12)11-15-10-9-14-5-3-4-6-16(14)15/h7,10H,3-6,8-9,11H2,1-2H3. The summed E-state index contributed by atoms with van der Waals surface area (Å²) in [5.74, 6) is 0. The van der Waals surface area contributed by atoms with E-state index < -0.39 is 0 Å². The van der Waals surface area contributed by atoms with Gasteiger partial charge in [0.2, 0.25) is 0 Å². The van der Waals surface area contributed by atoms with E-state index in [9.17, 15) is 0 Å². The molecule has 0 heteroatoms. The van der Waals surface area contributed by atoms with Crippen molar-refractivity contribution in [3.63, 3.8) is 0 Å². The Bertz CT molecular complexity index is 466. The highest BCUT2D eigenvalue weighted by atomic mass is 14.3. The van der Waals surface area contributed by atoms with E-state index in [1.807, 2.05) is 0 Å².